The van der Waals surface area contributed by atoms with E-state index in [4.69, 9.17) is 9.47 Å². The molecule has 3 aromatic heterocycles. The Morgan fingerprint density at radius 3 is 2.85 bits per heavy atom. The second-order valence-corrected chi connectivity index (χ2v) is 9.02. The van der Waals surface area contributed by atoms with E-state index in [2.05, 4.69) is 25.4 Å². The zero-order valence-electron chi connectivity index (χ0n) is 19.2. The largest absolute Gasteiger partial charge is 0.470 e. The number of piperidine rings is 1. The molecule has 12 heteroatoms. The summed E-state index contributed by atoms with van der Waals surface area (Å²) in [5.74, 6) is 0.619. The third kappa shape index (κ3) is 5.86. The zero-order chi connectivity index (χ0) is 24.3. The summed E-state index contributed by atoms with van der Waals surface area (Å²) in [6.07, 6.45) is 6.58. The van der Waals surface area contributed by atoms with Crippen LogP contribution in [-0.2, 0) is 4.74 Å². The minimum absolute atomic E-state index is 0.00549. The number of carbonyl (C=O) groups excluding carboxylic acids is 1. The van der Waals surface area contributed by atoms with E-state index in [1.807, 2.05) is 20.8 Å². The van der Waals surface area contributed by atoms with Crippen molar-refractivity contribution in [2.45, 2.75) is 51.7 Å². The predicted molar refractivity (Wildman–Crippen MR) is 120 cm³/mol. The number of halogens is 2. The average molecular weight is 476 g/mol. The SMILES string of the molecule is CC(C)(C)OC(=O)N1CCC[C@@H](Nc2cncc(-c3cnn4cc(OCC(F)F)ncc34)n2)C1. The molecule has 0 radical (unpaired) electrons. The molecule has 0 bridgehead atoms. The van der Waals surface area contributed by atoms with E-state index < -0.39 is 18.6 Å². The first-order valence-electron chi connectivity index (χ1n) is 11.0. The van der Waals surface area contributed by atoms with E-state index in [-0.39, 0.29) is 18.0 Å². The average Bonchev–Trinajstić information content (AvgIpc) is 3.20. The highest BCUT2D eigenvalue weighted by molar-refractivity contribution is 5.77. The molecule has 1 atom stereocenters. The Labute approximate surface area is 195 Å². The number of fused-ring (bicyclic) bond motifs is 1. The maximum absolute atomic E-state index is 12.4. The highest BCUT2D eigenvalue weighted by Crippen LogP contribution is 2.25. The lowest BCUT2D eigenvalue weighted by Gasteiger charge is -2.34. The number of alkyl halides is 2. The summed E-state index contributed by atoms with van der Waals surface area (Å²) in [6.45, 7) is 5.95. The molecule has 10 nitrogen and oxygen atoms in total. The van der Waals surface area contributed by atoms with Crippen molar-refractivity contribution in [2.24, 2.45) is 0 Å². The summed E-state index contributed by atoms with van der Waals surface area (Å²) in [5, 5.41) is 7.61. The van der Waals surface area contributed by atoms with Gasteiger partial charge in [-0.3, -0.25) is 4.98 Å². The van der Waals surface area contributed by atoms with Gasteiger partial charge in [-0.25, -0.2) is 28.1 Å². The van der Waals surface area contributed by atoms with Crippen LogP contribution < -0.4 is 10.1 Å². The molecule has 0 unspecified atom stereocenters. The van der Waals surface area contributed by atoms with E-state index in [0.29, 0.717) is 35.7 Å². The fourth-order valence-electron chi connectivity index (χ4n) is 3.65. The van der Waals surface area contributed by atoms with Gasteiger partial charge in [0.05, 0.1) is 42.2 Å². The van der Waals surface area contributed by atoms with Crippen LogP contribution in [0.1, 0.15) is 33.6 Å². The molecule has 3 aromatic rings. The molecule has 1 aliphatic heterocycles. The van der Waals surface area contributed by atoms with Gasteiger partial charge in [0.1, 0.15) is 11.4 Å². The molecule has 1 N–H and O–H groups in total. The van der Waals surface area contributed by atoms with Gasteiger partial charge in [-0.15, -0.1) is 0 Å². The van der Waals surface area contributed by atoms with Crippen LogP contribution in [0.5, 0.6) is 5.88 Å². The maximum atomic E-state index is 12.4. The number of nitrogens with zero attached hydrogens (tertiary/aromatic N) is 6. The summed E-state index contributed by atoms with van der Waals surface area (Å²) < 4.78 is 36.7. The quantitative estimate of drug-likeness (QED) is 0.576. The minimum Gasteiger partial charge on any atom is -0.470 e. The number of ether oxygens (including phenoxy) is 2. The molecule has 1 aliphatic rings. The van der Waals surface area contributed by atoms with Gasteiger partial charge in [-0.2, -0.15) is 5.10 Å². The third-order valence-corrected chi connectivity index (χ3v) is 5.07. The van der Waals surface area contributed by atoms with Crippen LogP contribution in [0.4, 0.5) is 19.4 Å². The van der Waals surface area contributed by atoms with Crippen molar-refractivity contribution in [3.05, 3.63) is 31.0 Å². The van der Waals surface area contributed by atoms with Gasteiger partial charge >= 0.3 is 6.09 Å². The minimum atomic E-state index is -2.59. The number of carbonyl (C=O) groups is 1. The number of likely N-dealkylation sites (tertiary alicyclic amines) is 1. The van der Waals surface area contributed by atoms with E-state index in [1.54, 1.807) is 23.5 Å². The van der Waals surface area contributed by atoms with Gasteiger partial charge in [-0.05, 0) is 33.6 Å². The Hall–Kier alpha value is -3.57. The van der Waals surface area contributed by atoms with Crippen LogP contribution in [0, 0.1) is 0 Å². The molecule has 34 heavy (non-hydrogen) atoms. The van der Waals surface area contributed by atoms with E-state index in [9.17, 15) is 13.6 Å². The number of rotatable bonds is 6. The Balaban J connectivity index is 1.46. The van der Waals surface area contributed by atoms with Crippen LogP contribution >= 0.6 is 0 Å². The Kier molecular flexibility index (Phi) is 6.75. The molecule has 4 rings (SSSR count). The Bertz CT molecular complexity index is 1150. The molecular weight excluding hydrogens is 448 g/mol. The smallest absolute Gasteiger partial charge is 0.410 e. The topological polar surface area (TPSA) is 107 Å². The second-order valence-electron chi connectivity index (χ2n) is 9.02. The van der Waals surface area contributed by atoms with Crippen molar-refractivity contribution < 1.29 is 23.0 Å². The van der Waals surface area contributed by atoms with E-state index in [1.165, 1.54) is 16.9 Å². The molecule has 1 amide bonds. The first-order valence-corrected chi connectivity index (χ1v) is 11.0. The van der Waals surface area contributed by atoms with Crippen molar-refractivity contribution >= 4 is 17.4 Å². The number of hydrogen-bond donors (Lipinski definition) is 1. The molecule has 0 aliphatic carbocycles. The van der Waals surface area contributed by atoms with Gasteiger partial charge < -0.3 is 19.7 Å². The number of anilines is 1. The molecule has 182 valence electrons. The fraction of sp³-hybridized carbons (Fsp3) is 0.500. The van der Waals surface area contributed by atoms with Crippen molar-refractivity contribution in [1.29, 1.82) is 0 Å². The third-order valence-electron chi connectivity index (χ3n) is 5.07. The monoisotopic (exact) mass is 475 g/mol. The van der Waals surface area contributed by atoms with Crippen LogP contribution in [0.2, 0.25) is 0 Å². The van der Waals surface area contributed by atoms with Crippen LogP contribution in [0.15, 0.2) is 31.0 Å². The summed E-state index contributed by atoms with van der Waals surface area (Å²) >= 11 is 0. The van der Waals surface area contributed by atoms with Gasteiger partial charge in [-0.1, -0.05) is 0 Å². The molecule has 0 aromatic carbocycles. The first kappa shape index (κ1) is 23.6. The summed E-state index contributed by atoms with van der Waals surface area (Å²) in [6, 6.07) is 0.00549. The molecule has 0 saturated carbocycles. The van der Waals surface area contributed by atoms with Gasteiger partial charge in [0.15, 0.2) is 6.61 Å². The molecule has 4 heterocycles. The Morgan fingerprint density at radius 2 is 2.09 bits per heavy atom. The maximum Gasteiger partial charge on any atom is 0.410 e. The second kappa shape index (κ2) is 9.74. The fourth-order valence-corrected chi connectivity index (χ4v) is 3.65. The van der Waals surface area contributed by atoms with Crippen molar-refractivity contribution in [3.63, 3.8) is 0 Å². The van der Waals surface area contributed by atoms with Gasteiger partial charge in [0.25, 0.3) is 6.43 Å². The van der Waals surface area contributed by atoms with E-state index in [0.717, 1.165) is 12.8 Å². The normalized spacial score (nSPS) is 16.6. The lowest BCUT2D eigenvalue weighted by atomic mass is 10.1. The predicted octanol–water partition coefficient (Wildman–Crippen LogP) is 3.64. The highest BCUT2D eigenvalue weighted by atomic mass is 19.3. The molecule has 0 spiro atoms. The molecular formula is C22H27F2N7O3. The highest BCUT2D eigenvalue weighted by Gasteiger charge is 2.28. The zero-order valence-corrected chi connectivity index (χ0v) is 19.2. The van der Waals surface area contributed by atoms with Crippen LogP contribution in [0.25, 0.3) is 16.8 Å². The first-order chi connectivity index (χ1) is 16.2. The number of aromatic nitrogens is 5. The van der Waals surface area contributed by atoms with Gasteiger partial charge in [0, 0.05) is 24.7 Å². The van der Waals surface area contributed by atoms with Crippen molar-refractivity contribution in [3.8, 4) is 17.1 Å². The van der Waals surface area contributed by atoms with Crippen LogP contribution in [0.3, 0.4) is 0 Å². The van der Waals surface area contributed by atoms with Gasteiger partial charge in [0.2, 0.25) is 5.88 Å². The van der Waals surface area contributed by atoms with E-state index >= 15 is 0 Å². The summed E-state index contributed by atoms with van der Waals surface area (Å²) in [7, 11) is 0. The number of amides is 1. The van der Waals surface area contributed by atoms with Crippen LogP contribution in [-0.4, -0.2) is 73.3 Å². The number of nitrogens with one attached hydrogen (secondary N) is 1. The Morgan fingerprint density at radius 1 is 1.26 bits per heavy atom. The lowest BCUT2D eigenvalue weighted by Crippen LogP contribution is -2.47. The molecule has 1 saturated heterocycles. The summed E-state index contributed by atoms with van der Waals surface area (Å²) in [4.78, 5) is 27.1. The standard InChI is InChI=1S/C22H27F2N7O3/c1-22(2,3)34-21(32)30-6-4-5-14(11-30)28-19-10-25-8-16(29-19)15-7-27-31-12-20(26-9-17(15)31)33-13-18(23)24/h7-10,12,14,18H,4-6,11,13H2,1-3H3,(H,28,29)/t14-/m1/s1. The van der Waals surface area contributed by atoms with Crippen molar-refractivity contribution in [2.75, 3.05) is 25.0 Å². The van der Waals surface area contributed by atoms with Crippen molar-refractivity contribution in [1.82, 2.24) is 29.5 Å². The summed E-state index contributed by atoms with van der Waals surface area (Å²) in [5.41, 5.74) is 1.34. The molecule has 1 fully saturated rings. The lowest BCUT2D eigenvalue weighted by molar-refractivity contribution is 0.0206. The number of hydrogen-bond acceptors (Lipinski definition) is 8.